The summed E-state index contributed by atoms with van der Waals surface area (Å²) < 4.78 is 10.6. The van der Waals surface area contributed by atoms with E-state index in [1.54, 1.807) is 17.5 Å². The summed E-state index contributed by atoms with van der Waals surface area (Å²) in [5, 5.41) is 1.80. The number of fused-ring (bicyclic) bond motifs is 1. The summed E-state index contributed by atoms with van der Waals surface area (Å²) >= 11 is 4.86. The van der Waals surface area contributed by atoms with Crippen LogP contribution >= 0.6 is 27.3 Å². The van der Waals surface area contributed by atoms with Crippen molar-refractivity contribution in [2.24, 2.45) is 23.7 Å². The van der Waals surface area contributed by atoms with E-state index in [4.69, 9.17) is 9.47 Å². The van der Waals surface area contributed by atoms with Crippen LogP contribution in [-0.2, 0) is 19.1 Å². The Labute approximate surface area is 139 Å². The van der Waals surface area contributed by atoms with Crippen molar-refractivity contribution in [1.29, 1.82) is 0 Å². The standard InChI is InChI=1S/C15H13BrO5S/c16-12-6-4-7-11(15(19)21-13(7)12)10(6)14(18)20-5-8(17)9-2-1-3-22-9/h1-3,6-7,10-13H,4-5H2/t6-,7-,10-,11+,12+,13+/m1/s1. The van der Waals surface area contributed by atoms with Gasteiger partial charge in [0.05, 0.1) is 21.5 Å². The fraction of sp³-hybridized carbons (Fsp3) is 0.533. The van der Waals surface area contributed by atoms with Gasteiger partial charge in [0.15, 0.2) is 6.61 Å². The first kappa shape index (κ1) is 14.4. The lowest BCUT2D eigenvalue weighted by Crippen LogP contribution is -2.39. The van der Waals surface area contributed by atoms with Gasteiger partial charge >= 0.3 is 11.9 Å². The van der Waals surface area contributed by atoms with Crippen molar-refractivity contribution in [2.45, 2.75) is 17.4 Å². The number of alkyl halides is 1. The number of halogens is 1. The number of carbonyl (C=O) groups excluding carboxylic acids is 3. The maximum Gasteiger partial charge on any atom is 0.310 e. The van der Waals surface area contributed by atoms with Crippen molar-refractivity contribution in [1.82, 2.24) is 0 Å². The molecule has 0 spiro atoms. The molecule has 0 aromatic carbocycles. The molecule has 1 aliphatic heterocycles. The number of hydrogen-bond acceptors (Lipinski definition) is 6. The minimum Gasteiger partial charge on any atom is -0.461 e. The van der Waals surface area contributed by atoms with E-state index in [9.17, 15) is 14.4 Å². The smallest absolute Gasteiger partial charge is 0.310 e. The molecule has 2 heterocycles. The quantitative estimate of drug-likeness (QED) is 0.451. The fourth-order valence-corrected chi connectivity index (χ4v) is 5.73. The Morgan fingerprint density at radius 3 is 2.95 bits per heavy atom. The molecule has 3 aliphatic rings. The zero-order valence-corrected chi connectivity index (χ0v) is 13.8. The van der Waals surface area contributed by atoms with Gasteiger partial charge in [-0.1, -0.05) is 22.0 Å². The second-order valence-corrected chi connectivity index (χ2v) is 7.97. The summed E-state index contributed by atoms with van der Waals surface area (Å²) in [6.45, 7) is -0.272. The monoisotopic (exact) mass is 384 g/mol. The maximum atomic E-state index is 12.4. The number of ether oxygens (including phenoxy) is 2. The Bertz CT molecular complexity index is 642. The molecule has 0 unspecified atom stereocenters. The Hall–Kier alpha value is -1.21. The van der Waals surface area contributed by atoms with Crippen molar-refractivity contribution in [3.05, 3.63) is 22.4 Å². The minimum atomic E-state index is -0.489. The van der Waals surface area contributed by atoms with E-state index in [2.05, 4.69) is 15.9 Å². The summed E-state index contributed by atoms with van der Waals surface area (Å²) in [4.78, 5) is 36.8. The van der Waals surface area contributed by atoms with E-state index in [1.165, 1.54) is 11.3 Å². The lowest BCUT2D eigenvalue weighted by Gasteiger charge is -2.26. The predicted molar refractivity (Wildman–Crippen MR) is 80.8 cm³/mol. The molecule has 0 amide bonds. The Kier molecular flexibility index (Phi) is 3.38. The van der Waals surface area contributed by atoms with Gasteiger partial charge in [-0.05, 0) is 23.8 Å². The molecule has 0 N–H and O–H groups in total. The first-order valence-electron chi connectivity index (χ1n) is 7.16. The van der Waals surface area contributed by atoms with Gasteiger partial charge in [-0.25, -0.2) is 0 Å². The molecule has 2 bridgehead atoms. The number of Topliss-reactive ketones (excluding diaryl/α,β-unsaturated/α-hetero) is 1. The summed E-state index contributed by atoms with van der Waals surface area (Å²) in [5.41, 5.74) is 0. The van der Waals surface area contributed by atoms with Crippen LogP contribution in [0.4, 0.5) is 0 Å². The van der Waals surface area contributed by atoms with Crippen LogP contribution in [0.5, 0.6) is 0 Å². The molecule has 22 heavy (non-hydrogen) atoms. The van der Waals surface area contributed by atoms with Crippen LogP contribution in [0.3, 0.4) is 0 Å². The predicted octanol–water partition coefficient (Wildman–Crippen LogP) is 2.04. The highest BCUT2D eigenvalue weighted by atomic mass is 79.9. The van der Waals surface area contributed by atoms with Crippen molar-refractivity contribution in [3.63, 3.8) is 0 Å². The third-order valence-electron chi connectivity index (χ3n) is 4.94. The second-order valence-electron chi connectivity index (χ2n) is 5.97. The number of esters is 2. The van der Waals surface area contributed by atoms with Crippen LogP contribution in [0.1, 0.15) is 16.1 Å². The third-order valence-corrected chi connectivity index (χ3v) is 7.05. The first-order chi connectivity index (χ1) is 10.6. The average Bonchev–Trinajstić information content (AvgIpc) is 3.22. The van der Waals surface area contributed by atoms with Gasteiger partial charge in [0.25, 0.3) is 0 Å². The molecule has 2 aliphatic carbocycles. The molecule has 3 fully saturated rings. The molecule has 6 atom stereocenters. The van der Waals surface area contributed by atoms with Crippen molar-refractivity contribution >= 4 is 45.0 Å². The zero-order valence-electron chi connectivity index (χ0n) is 11.4. The number of thiophene rings is 1. The largest absolute Gasteiger partial charge is 0.461 e. The Morgan fingerprint density at radius 2 is 2.23 bits per heavy atom. The highest BCUT2D eigenvalue weighted by Crippen LogP contribution is 2.60. The van der Waals surface area contributed by atoms with E-state index in [1.807, 2.05) is 0 Å². The highest BCUT2D eigenvalue weighted by molar-refractivity contribution is 9.09. The topological polar surface area (TPSA) is 69.7 Å². The van der Waals surface area contributed by atoms with Gasteiger partial charge in [0, 0.05) is 5.92 Å². The average molecular weight is 385 g/mol. The maximum absolute atomic E-state index is 12.4. The summed E-state index contributed by atoms with van der Waals surface area (Å²) in [6, 6.07) is 3.48. The Balaban J connectivity index is 1.45. The Morgan fingerprint density at radius 1 is 1.41 bits per heavy atom. The van der Waals surface area contributed by atoms with E-state index >= 15 is 0 Å². The molecular weight excluding hydrogens is 372 g/mol. The lowest BCUT2D eigenvalue weighted by molar-refractivity contribution is -0.154. The van der Waals surface area contributed by atoms with E-state index in [0.717, 1.165) is 6.42 Å². The van der Waals surface area contributed by atoms with Gasteiger partial charge in [0.2, 0.25) is 5.78 Å². The minimum absolute atomic E-state index is 0.00532. The SMILES string of the molecule is O=C(COC(=O)[C@@H]1[C@H]2C[C@H]3[C@H](OC(=O)[C@@H]31)[C@H]2Br)c1cccs1. The summed E-state index contributed by atoms with van der Waals surface area (Å²) in [5.74, 6) is -1.70. The van der Waals surface area contributed by atoms with Gasteiger partial charge in [0.1, 0.15) is 6.10 Å². The first-order valence-corrected chi connectivity index (χ1v) is 8.95. The van der Waals surface area contributed by atoms with Crippen LogP contribution in [-0.4, -0.2) is 35.3 Å². The van der Waals surface area contributed by atoms with Crippen LogP contribution in [0.15, 0.2) is 17.5 Å². The number of ketones is 1. The molecule has 1 saturated heterocycles. The molecule has 1 aromatic heterocycles. The van der Waals surface area contributed by atoms with Crippen LogP contribution in [0.25, 0.3) is 0 Å². The third kappa shape index (κ3) is 1.98. The van der Waals surface area contributed by atoms with Gasteiger partial charge in [-0.3, -0.25) is 14.4 Å². The van der Waals surface area contributed by atoms with E-state index in [0.29, 0.717) is 4.88 Å². The molecular formula is C15H13BrO5S. The molecule has 7 heteroatoms. The fourth-order valence-electron chi connectivity index (χ4n) is 4.04. The van der Waals surface area contributed by atoms with Crippen LogP contribution in [0, 0.1) is 23.7 Å². The van der Waals surface area contributed by atoms with Crippen LogP contribution < -0.4 is 0 Å². The van der Waals surface area contributed by atoms with E-state index in [-0.39, 0.29) is 41.1 Å². The number of hydrogen-bond donors (Lipinski definition) is 0. The molecule has 4 rings (SSSR count). The van der Waals surface area contributed by atoms with Crippen LogP contribution in [0.2, 0.25) is 0 Å². The van der Waals surface area contributed by atoms with Crippen molar-refractivity contribution in [3.8, 4) is 0 Å². The van der Waals surface area contributed by atoms with Gasteiger partial charge in [-0.15, -0.1) is 11.3 Å². The molecule has 1 aromatic rings. The molecule has 2 saturated carbocycles. The normalized spacial score (nSPS) is 38.1. The molecule has 116 valence electrons. The highest BCUT2D eigenvalue weighted by Gasteiger charge is 2.68. The molecule has 0 radical (unpaired) electrons. The van der Waals surface area contributed by atoms with Gasteiger partial charge < -0.3 is 9.47 Å². The molecule has 5 nitrogen and oxygen atoms in total. The number of carbonyl (C=O) groups is 3. The lowest BCUT2D eigenvalue weighted by atomic mass is 9.80. The van der Waals surface area contributed by atoms with Gasteiger partial charge in [-0.2, -0.15) is 0 Å². The second kappa shape index (κ2) is 5.16. The number of rotatable bonds is 4. The van der Waals surface area contributed by atoms with Crippen molar-refractivity contribution < 1.29 is 23.9 Å². The van der Waals surface area contributed by atoms with Crippen molar-refractivity contribution in [2.75, 3.05) is 6.61 Å². The van der Waals surface area contributed by atoms with E-state index < -0.39 is 17.8 Å². The summed E-state index contributed by atoms with van der Waals surface area (Å²) in [6.07, 6.45) is 0.689. The zero-order chi connectivity index (χ0) is 15.4. The summed E-state index contributed by atoms with van der Waals surface area (Å²) in [7, 11) is 0.